The van der Waals surface area contributed by atoms with Gasteiger partial charge in [0.15, 0.2) is 22.1 Å². The van der Waals surface area contributed by atoms with Crippen LogP contribution in [0.4, 0.5) is 19.3 Å². The number of morpholine rings is 1. The molecule has 13 heteroatoms. The van der Waals surface area contributed by atoms with Crippen LogP contribution in [-0.4, -0.2) is 63.1 Å². The molecule has 0 bridgehead atoms. The summed E-state index contributed by atoms with van der Waals surface area (Å²) in [5.41, 5.74) is -2.08. The molecule has 4 atom stereocenters. The van der Waals surface area contributed by atoms with E-state index >= 15 is 8.78 Å². The van der Waals surface area contributed by atoms with Crippen LogP contribution < -0.4 is 10.2 Å². The smallest absolute Gasteiger partial charge is 0.355 e. The Morgan fingerprint density at radius 3 is 2.64 bits per heavy atom. The Balaban J connectivity index is 1.77. The second-order valence-corrected chi connectivity index (χ2v) is 9.64. The van der Waals surface area contributed by atoms with E-state index in [4.69, 9.17) is 4.74 Å². The second kappa shape index (κ2) is 7.23. The molecule has 0 aliphatic carbocycles. The summed E-state index contributed by atoms with van der Waals surface area (Å²) in [5.74, 6) is -4.35. The van der Waals surface area contributed by atoms with Crippen molar-refractivity contribution in [3.05, 3.63) is 28.3 Å². The predicted molar refractivity (Wildman–Crippen MR) is 109 cm³/mol. The van der Waals surface area contributed by atoms with E-state index in [0.717, 1.165) is 11.3 Å². The molecule has 4 heterocycles. The Kier molecular flexibility index (Phi) is 4.78. The van der Waals surface area contributed by atoms with Crippen molar-refractivity contribution in [2.24, 2.45) is 5.41 Å². The molecule has 10 nitrogen and oxygen atoms in total. The zero-order valence-electron chi connectivity index (χ0n) is 17.8. The molecule has 4 amide bonds. The van der Waals surface area contributed by atoms with Crippen molar-refractivity contribution in [1.82, 2.24) is 20.6 Å². The molecule has 1 spiro atoms. The molecule has 2 N–H and O–H groups in total. The maximum atomic E-state index is 15.5. The number of aromatic nitrogens is 2. The number of carbonyl (C=O) groups is 3. The SMILES string of the molecule is Cc1nnc(-c2cc3c(c(F)c2F)N2C[C@H](C)O[C@H](C)C2C2(C3)C(=O)NC(=O)N(O)C2=O)s1. The number of anilines is 1. The number of amides is 4. The molecule has 1 aromatic heterocycles. The van der Waals surface area contributed by atoms with E-state index in [2.05, 4.69) is 10.2 Å². The average molecular weight is 479 g/mol. The molecule has 0 saturated carbocycles. The fourth-order valence-electron chi connectivity index (χ4n) is 5.16. The van der Waals surface area contributed by atoms with Crippen LogP contribution in [0.3, 0.4) is 0 Å². The van der Waals surface area contributed by atoms with Crippen LogP contribution in [-0.2, 0) is 20.7 Å². The normalized spacial score (nSPS) is 29.3. The summed E-state index contributed by atoms with van der Waals surface area (Å²) in [6.07, 6.45) is -1.60. The summed E-state index contributed by atoms with van der Waals surface area (Å²) >= 11 is 1.07. The number of halogens is 2. The zero-order valence-corrected chi connectivity index (χ0v) is 18.6. The fraction of sp³-hybridized carbons (Fsp3) is 0.450. The number of nitrogens with zero attached hydrogens (tertiary/aromatic N) is 4. The molecule has 174 valence electrons. The van der Waals surface area contributed by atoms with Gasteiger partial charge in [0.1, 0.15) is 5.01 Å². The number of aryl methyl sites for hydroxylation is 1. The van der Waals surface area contributed by atoms with Crippen LogP contribution in [0.1, 0.15) is 24.4 Å². The van der Waals surface area contributed by atoms with E-state index in [1.807, 2.05) is 5.32 Å². The molecule has 33 heavy (non-hydrogen) atoms. The quantitative estimate of drug-likeness (QED) is 0.469. The van der Waals surface area contributed by atoms with E-state index in [9.17, 15) is 19.6 Å². The van der Waals surface area contributed by atoms with Crippen LogP contribution in [0.25, 0.3) is 10.6 Å². The van der Waals surface area contributed by atoms with Gasteiger partial charge in [-0.05, 0) is 32.4 Å². The zero-order chi connectivity index (χ0) is 23.8. The molecule has 2 aromatic rings. The lowest BCUT2D eigenvalue weighted by molar-refractivity contribution is -0.181. The molecular weight excluding hydrogens is 460 g/mol. The van der Waals surface area contributed by atoms with Crippen molar-refractivity contribution < 1.29 is 33.1 Å². The first kappa shape index (κ1) is 21.8. The lowest BCUT2D eigenvalue weighted by Gasteiger charge is -2.55. The Morgan fingerprint density at radius 2 is 1.97 bits per heavy atom. The standard InChI is InChI=1S/C20H19F2N5O5S/c1-7-6-26-14-10(4-11(12(21)13(14)22)16-25-24-9(3)33-16)5-20(15(26)8(2)32-7)17(28)23-19(30)27(31)18(20)29/h4,7-8,15,31H,5-6H2,1-3H3,(H,23,28,30)/t7-,8+,15?,20?/m0/s1. The summed E-state index contributed by atoms with van der Waals surface area (Å²) < 4.78 is 36.6. The maximum absolute atomic E-state index is 15.5. The van der Waals surface area contributed by atoms with Crippen molar-refractivity contribution in [2.75, 3.05) is 11.4 Å². The van der Waals surface area contributed by atoms with Crippen molar-refractivity contribution in [3.8, 4) is 10.6 Å². The predicted octanol–water partition coefficient (Wildman–Crippen LogP) is 1.78. The Hall–Kier alpha value is -3.03. The van der Waals surface area contributed by atoms with Crippen molar-refractivity contribution in [1.29, 1.82) is 0 Å². The molecule has 5 rings (SSSR count). The molecule has 2 unspecified atom stereocenters. The largest absolute Gasteiger partial charge is 0.372 e. The minimum Gasteiger partial charge on any atom is -0.372 e. The van der Waals surface area contributed by atoms with Gasteiger partial charge in [0.05, 0.1) is 29.5 Å². The van der Waals surface area contributed by atoms with Crippen LogP contribution in [0.5, 0.6) is 0 Å². The highest BCUT2D eigenvalue weighted by Crippen LogP contribution is 2.50. The van der Waals surface area contributed by atoms with Gasteiger partial charge in [0, 0.05) is 13.0 Å². The summed E-state index contributed by atoms with van der Waals surface area (Å²) in [6.45, 7) is 5.05. The van der Waals surface area contributed by atoms with Gasteiger partial charge in [-0.2, -0.15) is 0 Å². The highest BCUT2D eigenvalue weighted by Gasteiger charge is 2.65. The van der Waals surface area contributed by atoms with Gasteiger partial charge >= 0.3 is 6.03 Å². The summed E-state index contributed by atoms with van der Waals surface area (Å²) in [4.78, 5) is 39.7. The van der Waals surface area contributed by atoms with Gasteiger partial charge in [-0.3, -0.25) is 20.1 Å². The minimum atomic E-state index is -2.01. The Labute approximate surface area is 190 Å². The number of rotatable bonds is 1. The van der Waals surface area contributed by atoms with Crippen LogP contribution in [0.15, 0.2) is 6.07 Å². The molecule has 1 aromatic carbocycles. The lowest BCUT2D eigenvalue weighted by atomic mass is 9.66. The lowest BCUT2D eigenvalue weighted by Crippen LogP contribution is -2.75. The third kappa shape index (κ3) is 2.92. The topological polar surface area (TPSA) is 125 Å². The van der Waals surface area contributed by atoms with Crippen molar-refractivity contribution in [2.45, 2.75) is 45.4 Å². The first-order valence-corrected chi connectivity index (χ1v) is 11.0. The van der Waals surface area contributed by atoms with Crippen LogP contribution in [0.2, 0.25) is 0 Å². The van der Waals surface area contributed by atoms with Crippen LogP contribution >= 0.6 is 11.3 Å². The van der Waals surface area contributed by atoms with Gasteiger partial charge in [-0.25, -0.2) is 13.6 Å². The maximum Gasteiger partial charge on any atom is 0.355 e. The van der Waals surface area contributed by atoms with E-state index in [0.29, 0.717) is 5.01 Å². The molecule has 2 fully saturated rings. The third-order valence-electron chi connectivity index (χ3n) is 6.35. The number of ether oxygens (including phenoxy) is 1. The number of urea groups is 1. The van der Waals surface area contributed by atoms with Crippen molar-refractivity contribution >= 4 is 34.9 Å². The van der Waals surface area contributed by atoms with Crippen LogP contribution in [0, 0.1) is 24.0 Å². The summed E-state index contributed by atoms with van der Waals surface area (Å²) in [7, 11) is 0. The monoisotopic (exact) mass is 479 g/mol. The van der Waals surface area contributed by atoms with E-state index in [1.54, 1.807) is 20.8 Å². The Bertz CT molecular complexity index is 1220. The molecular formula is C20H19F2N5O5S. The number of carbonyl (C=O) groups excluding carboxylic acids is 3. The van der Waals surface area contributed by atoms with Crippen molar-refractivity contribution in [3.63, 3.8) is 0 Å². The van der Waals surface area contributed by atoms with Gasteiger partial charge in [0.25, 0.3) is 5.91 Å². The fourth-order valence-corrected chi connectivity index (χ4v) is 5.86. The van der Waals surface area contributed by atoms with Gasteiger partial charge in [-0.1, -0.05) is 11.3 Å². The molecule has 3 aliphatic rings. The summed E-state index contributed by atoms with van der Waals surface area (Å²) in [6, 6.07) is -1.03. The number of hydrogen-bond acceptors (Lipinski definition) is 9. The number of fused-ring (bicyclic) bond motifs is 4. The minimum absolute atomic E-state index is 0.0529. The van der Waals surface area contributed by atoms with E-state index in [1.165, 1.54) is 11.0 Å². The highest BCUT2D eigenvalue weighted by atomic mass is 32.1. The molecule has 0 radical (unpaired) electrons. The number of hydrogen-bond donors (Lipinski definition) is 2. The second-order valence-electron chi connectivity index (χ2n) is 8.46. The number of barbiturate groups is 1. The third-order valence-corrected chi connectivity index (χ3v) is 7.22. The van der Waals surface area contributed by atoms with Gasteiger partial charge < -0.3 is 9.64 Å². The summed E-state index contributed by atoms with van der Waals surface area (Å²) in [5, 5.41) is 20.4. The molecule has 3 aliphatic heterocycles. The average Bonchev–Trinajstić information content (AvgIpc) is 3.18. The van der Waals surface area contributed by atoms with Gasteiger partial charge in [0.2, 0.25) is 5.91 Å². The first-order chi connectivity index (χ1) is 15.6. The Morgan fingerprint density at radius 1 is 1.24 bits per heavy atom. The van der Waals surface area contributed by atoms with Gasteiger partial charge in [-0.15, -0.1) is 15.3 Å². The first-order valence-electron chi connectivity index (χ1n) is 10.2. The number of imide groups is 2. The molecule has 2 saturated heterocycles. The number of hydroxylamine groups is 2. The highest BCUT2D eigenvalue weighted by molar-refractivity contribution is 7.14. The number of nitrogens with one attached hydrogen (secondary N) is 1. The van der Waals surface area contributed by atoms with E-state index < -0.39 is 53.1 Å². The number of benzene rings is 1. The van der Waals surface area contributed by atoms with E-state index in [-0.39, 0.29) is 39.9 Å².